The molecule has 1 aliphatic carbocycles. The summed E-state index contributed by atoms with van der Waals surface area (Å²) < 4.78 is 11.8. The molecule has 0 spiro atoms. The fraction of sp³-hybridized carbons (Fsp3) is 0.364. The van der Waals surface area contributed by atoms with E-state index in [4.69, 9.17) is 9.15 Å². The second kappa shape index (κ2) is 6.50. The van der Waals surface area contributed by atoms with Crippen molar-refractivity contribution in [1.82, 2.24) is 9.88 Å². The van der Waals surface area contributed by atoms with E-state index in [-0.39, 0.29) is 5.63 Å². The molecule has 0 bridgehead atoms. The summed E-state index contributed by atoms with van der Waals surface area (Å²) in [5.41, 5.74) is 5.85. The highest BCUT2D eigenvalue weighted by molar-refractivity contribution is 5.87. The smallest absolute Gasteiger partial charge is 0.339 e. The first-order valence-corrected chi connectivity index (χ1v) is 9.56. The highest BCUT2D eigenvalue weighted by Gasteiger charge is 2.25. The monoisotopic (exact) mass is 362 g/mol. The molecule has 1 aliphatic heterocycles. The molecule has 0 saturated heterocycles. The molecule has 2 aromatic heterocycles. The third-order valence-electron chi connectivity index (χ3n) is 5.68. The maximum Gasteiger partial charge on any atom is 0.339 e. The summed E-state index contributed by atoms with van der Waals surface area (Å²) in [6.45, 7) is 4.13. The molecule has 138 valence electrons. The highest BCUT2D eigenvalue weighted by Crippen LogP contribution is 2.37. The Labute approximate surface area is 157 Å². The zero-order valence-corrected chi connectivity index (χ0v) is 15.5. The van der Waals surface area contributed by atoms with Gasteiger partial charge in [0.25, 0.3) is 0 Å². The van der Waals surface area contributed by atoms with Crippen LogP contribution in [0.3, 0.4) is 0 Å². The molecule has 3 heterocycles. The van der Waals surface area contributed by atoms with Crippen molar-refractivity contribution < 1.29 is 9.15 Å². The maximum absolute atomic E-state index is 12.4. The van der Waals surface area contributed by atoms with Crippen molar-refractivity contribution in [3.8, 4) is 5.75 Å². The average Bonchev–Trinajstić information content (AvgIpc) is 2.70. The number of rotatable bonds is 2. The molecule has 5 heteroatoms. The number of hydrogen-bond donors (Lipinski definition) is 0. The topological polar surface area (TPSA) is 55.6 Å². The fourth-order valence-electron chi connectivity index (χ4n) is 4.40. The minimum Gasteiger partial charge on any atom is -0.477 e. The lowest BCUT2D eigenvalue weighted by Crippen LogP contribution is -2.32. The number of aromatic nitrogens is 1. The molecule has 0 radical (unpaired) electrons. The van der Waals surface area contributed by atoms with Crippen molar-refractivity contribution in [2.45, 2.75) is 45.7 Å². The molecule has 5 rings (SSSR count). The van der Waals surface area contributed by atoms with E-state index >= 15 is 0 Å². The lowest BCUT2D eigenvalue weighted by Gasteiger charge is -2.30. The van der Waals surface area contributed by atoms with Crippen molar-refractivity contribution in [3.05, 3.63) is 68.8 Å². The van der Waals surface area contributed by atoms with Gasteiger partial charge in [0, 0.05) is 47.6 Å². The van der Waals surface area contributed by atoms with Crippen molar-refractivity contribution in [3.63, 3.8) is 0 Å². The molecule has 1 aromatic carbocycles. The molecule has 0 atom stereocenters. The number of aryl methyl sites for hydroxylation is 2. The van der Waals surface area contributed by atoms with E-state index in [9.17, 15) is 4.79 Å². The van der Waals surface area contributed by atoms with Crippen LogP contribution in [-0.2, 0) is 25.9 Å². The molecule has 0 amide bonds. The zero-order chi connectivity index (χ0) is 18.4. The quantitative estimate of drug-likeness (QED) is 0.650. The number of hydrogen-bond acceptors (Lipinski definition) is 5. The van der Waals surface area contributed by atoms with Crippen LogP contribution in [0.25, 0.3) is 11.0 Å². The van der Waals surface area contributed by atoms with Crippen LogP contribution in [0, 0.1) is 6.92 Å². The molecule has 2 aliphatic rings. The van der Waals surface area contributed by atoms with E-state index in [0.717, 1.165) is 66.6 Å². The lowest BCUT2D eigenvalue weighted by atomic mass is 9.89. The van der Waals surface area contributed by atoms with Gasteiger partial charge in [0.15, 0.2) is 0 Å². The van der Waals surface area contributed by atoms with Gasteiger partial charge >= 0.3 is 5.63 Å². The van der Waals surface area contributed by atoms with Gasteiger partial charge in [-0.1, -0.05) is 6.07 Å². The van der Waals surface area contributed by atoms with Crippen molar-refractivity contribution in [2.24, 2.45) is 0 Å². The predicted octanol–water partition coefficient (Wildman–Crippen LogP) is 3.73. The van der Waals surface area contributed by atoms with Gasteiger partial charge in [-0.05, 0) is 55.9 Å². The maximum atomic E-state index is 12.4. The van der Waals surface area contributed by atoms with Crippen LogP contribution in [0.15, 0.2) is 39.8 Å². The molecule has 5 nitrogen and oxygen atoms in total. The number of nitrogens with zero attached hydrogens (tertiary/aromatic N) is 2. The van der Waals surface area contributed by atoms with E-state index in [2.05, 4.69) is 22.0 Å². The van der Waals surface area contributed by atoms with Gasteiger partial charge in [-0.2, -0.15) is 0 Å². The largest absolute Gasteiger partial charge is 0.477 e. The highest BCUT2D eigenvalue weighted by atomic mass is 16.5. The summed E-state index contributed by atoms with van der Waals surface area (Å²) in [6, 6.07) is 6.22. The standard InChI is InChI=1S/C22H22N2O3/c1-14-20-16(12-24(13-26-20)11-15-5-4-8-23-10-15)9-19-17-6-2-3-7-18(17)22(25)27-21(14)19/h4-5,8-10H,2-3,6-7,11-13H2,1H3. The predicted molar refractivity (Wildman–Crippen MR) is 103 cm³/mol. The first kappa shape index (κ1) is 16.5. The summed E-state index contributed by atoms with van der Waals surface area (Å²) in [7, 11) is 0. The van der Waals surface area contributed by atoms with Crippen LogP contribution in [0.5, 0.6) is 5.75 Å². The first-order valence-electron chi connectivity index (χ1n) is 9.56. The SMILES string of the molecule is Cc1c2c(cc3c4c(c(=O)oc13)CCCC4)CN(Cc1cccnc1)CO2. The Morgan fingerprint density at radius 3 is 2.89 bits per heavy atom. The van der Waals surface area contributed by atoms with Gasteiger partial charge < -0.3 is 9.15 Å². The van der Waals surface area contributed by atoms with Gasteiger partial charge in [0.1, 0.15) is 18.1 Å². The van der Waals surface area contributed by atoms with Crippen LogP contribution >= 0.6 is 0 Å². The molecule has 0 fully saturated rings. The lowest BCUT2D eigenvalue weighted by molar-refractivity contribution is 0.0880. The Bertz CT molecular complexity index is 1070. The first-order chi connectivity index (χ1) is 13.2. The Morgan fingerprint density at radius 2 is 2.07 bits per heavy atom. The third-order valence-corrected chi connectivity index (χ3v) is 5.68. The van der Waals surface area contributed by atoms with Crippen LogP contribution in [0.1, 0.15) is 40.7 Å². The number of benzene rings is 1. The van der Waals surface area contributed by atoms with Crippen molar-refractivity contribution in [2.75, 3.05) is 6.73 Å². The van der Waals surface area contributed by atoms with Gasteiger partial charge in [0.2, 0.25) is 0 Å². The second-order valence-corrected chi connectivity index (χ2v) is 7.54. The summed E-state index contributed by atoms with van der Waals surface area (Å²) in [4.78, 5) is 18.9. The van der Waals surface area contributed by atoms with E-state index in [1.807, 2.05) is 19.2 Å². The molecule has 3 aromatic rings. The number of ether oxygens (including phenoxy) is 1. The Kier molecular flexibility index (Phi) is 3.97. The minimum absolute atomic E-state index is 0.172. The van der Waals surface area contributed by atoms with E-state index in [1.165, 1.54) is 11.1 Å². The summed E-state index contributed by atoms with van der Waals surface area (Å²) in [5.74, 6) is 0.865. The molecular weight excluding hydrogens is 340 g/mol. The normalized spacial score (nSPS) is 16.6. The van der Waals surface area contributed by atoms with E-state index in [0.29, 0.717) is 12.3 Å². The molecule has 0 saturated carbocycles. The van der Waals surface area contributed by atoms with Crippen LogP contribution in [-0.4, -0.2) is 16.6 Å². The van der Waals surface area contributed by atoms with E-state index < -0.39 is 0 Å². The van der Waals surface area contributed by atoms with Crippen LogP contribution < -0.4 is 10.4 Å². The van der Waals surface area contributed by atoms with Crippen molar-refractivity contribution in [1.29, 1.82) is 0 Å². The summed E-state index contributed by atoms with van der Waals surface area (Å²) >= 11 is 0. The summed E-state index contributed by atoms with van der Waals surface area (Å²) in [5, 5.41) is 1.09. The van der Waals surface area contributed by atoms with Gasteiger partial charge in [-0.15, -0.1) is 0 Å². The van der Waals surface area contributed by atoms with Gasteiger partial charge in [-0.25, -0.2) is 4.79 Å². The number of fused-ring (bicyclic) bond motifs is 4. The molecular formula is C22H22N2O3. The summed E-state index contributed by atoms with van der Waals surface area (Å²) in [6.07, 6.45) is 7.66. The molecule has 0 unspecified atom stereocenters. The van der Waals surface area contributed by atoms with Crippen molar-refractivity contribution >= 4 is 11.0 Å². The number of pyridine rings is 1. The zero-order valence-electron chi connectivity index (χ0n) is 15.5. The Balaban J connectivity index is 1.57. The van der Waals surface area contributed by atoms with E-state index in [1.54, 1.807) is 6.20 Å². The second-order valence-electron chi connectivity index (χ2n) is 7.54. The molecule has 0 N–H and O–H groups in total. The minimum atomic E-state index is -0.172. The van der Waals surface area contributed by atoms with Crippen LogP contribution in [0.4, 0.5) is 0 Å². The third kappa shape index (κ3) is 2.82. The Hall–Kier alpha value is -2.66. The fourth-order valence-corrected chi connectivity index (χ4v) is 4.40. The Morgan fingerprint density at radius 1 is 1.22 bits per heavy atom. The molecule has 27 heavy (non-hydrogen) atoms. The van der Waals surface area contributed by atoms with Gasteiger partial charge in [-0.3, -0.25) is 9.88 Å². The van der Waals surface area contributed by atoms with Crippen LogP contribution in [0.2, 0.25) is 0 Å². The van der Waals surface area contributed by atoms with Gasteiger partial charge in [0.05, 0.1) is 0 Å². The average molecular weight is 362 g/mol.